The molecule has 1 N–H and O–H groups in total. The molecule has 5 nitrogen and oxygen atoms in total. The number of amides is 1. The van der Waals surface area contributed by atoms with E-state index in [1.807, 2.05) is 56.3 Å². The summed E-state index contributed by atoms with van der Waals surface area (Å²) < 4.78 is 27.3. The molecule has 0 saturated heterocycles. The van der Waals surface area contributed by atoms with Crippen molar-refractivity contribution in [1.29, 1.82) is 0 Å². The number of sulfonamides is 1. The zero-order chi connectivity index (χ0) is 19.9. The van der Waals surface area contributed by atoms with Crippen molar-refractivity contribution in [3.63, 3.8) is 0 Å². The molecule has 0 bridgehead atoms. The third kappa shape index (κ3) is 3.14. The Hall–Kier alpha value is -2.86. The second kappa shape index (κ2) is 6.95. The maximum atomic E-state index is 12.9. The standard InChI is InChI=1S/C22H22N2O3S/c1-15-11-12-18(14-16(15)2)23-21(25)10-5-13-24-19-8-3-6-17-7-4-9-20(22(17)19)28(24,26)27/h3-4,6-9,11-12,14H,5,10,13H2,1-2H3,(H,23,25). The van der Waals surface area contributed by atoms with Crippen LogP contribution in [0.1, 0.15) is 24.0 Å². The quantitative estimate of drug-likeness (QED) is 0.698. The summed E-state index contributed by atoms with van der Waals surface area (Å²) in [6.07, 6.45) is 0.700. The summed E-state index contributed by atoms with van der Waals surface area (Å²) >= 11 is 0. The normalized spacial score (nSPS) is 14.4. The van der Waals surface area contributed by atoms with Gasteiger partial charge in [-0.15, -0.1) is 0 Å². The van der Waals surface area contributed by atoms with Gasteiger partial charge in [0.25, 0.3) is 10.0 Å². The number of anilines is 2. The second-order valence-corrected chi connectivity index (χ2v) is 8.99. The Balaban J connectivity index is 1.45. The van der Waals surface area contributed by atoms with E-state index in [9.17, 15) is 13.2 Å². The van der Waals surface area contributed by atoms with Crippen molar-refractivity contribution in [1.82, 2.24) is 0 Å². The van der Waals surface area contributed by atoms with Gasteiger partial charge in [0, 0.05) is 24.0 Å². The summed E-state index contributed by atoms with van der Waals surface area (Å²) in [7, 11) is -3.56. The minimum absolute atomic E-state index is 0.115. The lowest BCUT2D eigenvalue weighted by Crippen LogP contribution is -2.28. The Morgan fingerprint density at radius 3 is 2.50 bits per heavy atom. The molecular weight excluding hydrogens is 372 g/mol. The van der Waals surface area contributed by atoms with E-state index in [4.69, 9.17) is 0 Å². The Morgan fingerprint density at radius 1 is 1.00 bits per heavy atom. The van der Waals surface area contributed by atoms with Gasteiger partial charge in [0.1, 0.15) is 0 Å². The number of nitrogens with zero attached hydrogens (tertiary/aromatic N) is 1. The molecule has 0 saturated carbocycles. The van der Waals surface area contributed by atoms with Gasteiger partial charge in [-0.1, -0.05) is 30.3 Å². The number of nitrogens with one attached hydrogen (secondary N) is 1. The molecule has 0 fully saturated rings. The number of hydrogen-bond donors (Lipinski definition) is 1. The minimum Gasteiger partial charge on any atom is -0.326 e. The van der Waals surface area contributed by atoms with Crippen LogP contribution >= 0.6 is 0 Å². The van der Waals surface area contributed by atoms with Crippen molar-refractivity contribution in [3.05, 3.63) is 65.7 Å². The fourth-order valence-corrected chi connectivity index (χ4v) is 5.37. The average Bonchev–Trinajstić information content (AvgIpc) is 2.88. The van der Waals surface area contributed by atoms with E-state index < -0.39 is 10.0 Å². The summed E-state index contributed by atoms with van der Waals surface area (Å²) in [4.78, 5) is 12.6. The van der Waals surface area contributed by atoms with Crippen LogP contribution in [0.25, 0.3) is 10.8 Å². The van der Waals surface area contributed by atoms with Gasteiger partial charge >= 0.3 is 0 Å². The SMILES string of the molecule is Cc1ccc(NC(=O)CCCN2c3cccc4cccc(c34)S2(=O)=O)cc1C. The van der Waals surface area contributed by atoms with Crippen LogP contribution in [-0.4, -0.2) is 20.9 Å². The first-order valence-electron chi connectivity index (χ1n) is 9.29. The Morgan fingerprint density at radius 2 is 1.75 bits per heavy atom. The molecule has 1 amide bonds. The average molecular weight is 394 g/mol. The zero-order valence-corrected chi connectivity index (χ0v) is 16.7. The lowest BCUT2D eigenvalue weighted by atomic mass is 10.1. The second-order valence-electron chi connectivity index (χ2n) is 7.16. The summed E-state index contributed by atoms with van der Waals surface area (Å²) in [6, 6.07) is 16.7. The highest BCUT2D eigenvalue weighted by Gasteiger charge is 2.34. The molecule has 0 aromatic heterocycles. The zero-order valence-electron chi connectivity index (χ0n) is 15.9. The molecule has 0 radical (unpaired) electrons. The molecule has 1 aliphatic heterocycles. The van der Waals surface area contributed by atoms with Crippen molar-refractivity contribution >= 4 is 38.1 Å². The van der Waals surface area contributed by atoms with E-state index in [1.165, 1.54) is 9.87 Å². The van der Waals surface area contributed by atoms with E-state index in [0.29, 0.717) is 17.0 Å². The maximum Gasteiger partial charge on any atom is 0.265 e. The maximum absolute atomic E-state index is 12.9. The van der Waals surface area contributed by atoms with Gasteiger partial charge < -0.3 is 5.32 Å². The van der Waals surface area contributed by atoms with Crippen LogP contribution in [0.4, 0.5) is 11.4 Å². The molecule has 0 aliphatic carbocycles. The number of carbonyl (C=O) groups excluding carboxylic acids is 1. The van der Waals surface area contributed by atoms with E-state index in [-0.39, 0.29) is 18.9 Å². The fraction of sp³-hybridized carbons (Fsp3) is 0.227. The molecule has 6 heteroatoms. The largest absolute Gasteiger partial charge is 0.326 e. The van der Waals surface area contributed by atoms with Gasteiger partial charge in [0.2, 0.25) is 5.91 Å². The van der Waals surface area contributed by atoms with E-state index in [1.54, 1.807) is 12.1 Å². The molecule has 3 aromatic rings. The highest BCUT2D eigenvalue weighted by molar-refractivity contribution is 7.93. The van der Waals surface area contributed by atoms with Crippen LogP contribution in [-0.2, 0) is 14.8 Å². The molecular formula is C22H22N2O3S. The molecule has 1 aliphatic rings. The molecule has 4 rings (SSSR count). The topological polar surface area (TPSA) is 66.5 Å². The molecule has 144 valence electrons. The monoisotopic (exact) mass is 394 g/mol. The van der Waals surface area contributed by atoms with E-state index in [0.717, 1.165) is 22.0 Å². The van der Waals surface area contributed by atoms with Crippen molar-refractivity contribution in [2.75, 3.05) is 16.2 Å². The third-order valence-electron chi connectivity index (χ3n) is 5.24. The Labute approximate surface area is 165 Å². The lowest BCUT2D eigenvalue weighted by Gasteiger charge is -2.18. The van der Waals surface area contributed by atoms with Gasteiger partial charge in [-0.05, 0) is 61.0 Å². The van der Waals surface area contributed by atoms with E-state index >= 15 is 0 Å². The summed E-state index contributed by atoms with van der Waals surface area (Å²) in [5.41, 5.74) is 3.75. The molecule has 28 heavy (non-hydrogen) atoms. The molecule has 0 unspecified atom stereocenters. The van der Waals surface area contributed by atoms with E-state index in [2.05, 4.69) is 5.32 Å². The summed E-state index contributed by atoms with van der Waals surface area (Å²) in [5.74, 6) is -0.115. The van der Waals surface area contributed by atoms with Crippen LogP contribution in [0.15, 0.2) is 59.5 Å². The van der Waals surface area contributed by atoms with Crippen molar-refractivity contribution in [3.8, 4) is 0 Å². The van der Waals surface area contributed by atoms with Crippen LogP contribution in [0.3, 0.4) is 0 Å². The van der Waals surface area contributed by atoms with Crippen molar-refractivity contribution < 1.29 is 13.2 Å². The van der Waals surface area contributed by atoms with Crippen molar-refractivity contribution in [2.24, 2.45) is 0 Å². The van der Waals surface area contributed by atoms with Gasteiger partial charge in [-0.3, -0.25) is 9.10 Å². The van der Waals surface area contributed by atoms with Crippen LogP contribution in [0.5, 0.6) is 0 Å². The number of hydrogen-bond acceptors (Lipinski definition) is 3. The predicted octanol–water partition coefficient (Wildman–Crippen LogP) is 4.38. The number of benzene rings is 3. The number of carbonyl (C=O) groups is 1. The summed E-state index contributed by atoms with van der Waals surface area (Å²) in [6.45, 7) is 4.30. The third-order valence-corrected chi connectivity index (χ3v) is 7.09. The Bertz CT molecular complexity index is 1180. The van der Waals surface area contributed by atoms with Crippen LogP contribution < -0.4 is 9.62 Å². The molecule has 0 atom stereocenters. The van der Waals surface area contributed by atoms with Crippen molar-refractivity contribution in [2.45, 2.75) is 31.6 Å². The first-order chi connectivity index (χ1) is 13.4. The smallest absolute Gasteiger partial charge is 0.265 e. The minimum atomic E-state index is -3.56. The van der Waals surface area contributed by atoms with Gasteiger partial charge in [-0.25, -0.2) is 8.42 Å². The lowest BCUT2D eigenvalue weighted by molar-refractivity contribution is -0.116. The predicted molar refractivity (Wildman–Crippen MR) is 112 cm³/mol. The summed E-state index contributed by atoms with van der Waals surface area (Å²) in [5, 5.41) is 4.56. The van der Waals surface area contributed by atoms with Gasteiger partial charge in [0.05, 0.1) is 10.6 Å². The highest BCUT2D eigenvalue weighted by Crippen LogP contribution is 2.41. The first kappa shape index (κ1) is 18.5. The number of rotatable bonds is 5. The fourth-order valence-electron chi connectivity index (χ4n) is 3.62. The Kier molecular flexibility index (Phi) is 4.59. The first-order valence-corrected chi connectivity index (χ1v) is 10.7. The highest BCUT2D eigenvalue weighted by atomic mass is 32.2. The van der Waals surface area contributed by atoms with Gasteiger partial charge in [-0.2, -0.15) is 0 Å². The molecule has 1 heterocycles. The molecule has 3 aromatic carbocycles. The van der Waals surface area contributed by atoms with Gasteiger partial charge in [0.15, 0.2) is 0 Å². The number of aryl methyl sites for hydroxylation is 2. The van der Waals surface area contributed by atoms with Crippen LogP contribution in [0.2, 0.25) is 0 Å². The molecule has 0 spiro atoms. The van der Waals surface area contributed by atoms with Crippen LogP contribution in [0, 0.1) is 13.8 Å².